The van der Waals surface area contributed by atoms with E-state index in [0.29, 0.717) is 5.56 Å². The van der Waals surface area contributed by atoms with E-state index in [1.54, 1.807) is 20.0 Å². The fourth-order valence-corrected chi connectivity index (χ4v) is 1.55. The maximum atomic E-state index is 11.0. The van der Waals surface area contributed by atoms with Gasteiger partial charge in [-0.3, -0.25) is 4.68 Å². The zero-order valence-corrected chi connectivity index (χ0v) is 9.66. The second kappa shape index (κ2) is 5.02. The summed E-state index contributed by atoms with van der Waals surface area (Å²) in [4.78, 5) is 11.0. The fraction of sp³-hybridized carbons (Fsp3) is 0.400. The first-order valence-corrected chi connectivity index (χ1v) is 5.25. The Hall–Kier alpha value is -1.23. The third-order valence-corrected chi connectivity index (χ3v) is 2.31. The Morgan fingerprint density at radius 3 is 2.87 bits per heavy atom. The van der Waals surface area contributed by atoms with Gasteiger partial charge in [0.15, 0.2) is 5.69 Å². The number of nitrogens with zero attached hydrogens (tertiary/aromatic N) is 2. The molecule has 1 aromatic heterocycles. The first kappa shape index (κ1) is 11.8. The molecule has 4 nitrogen and oxygen atoms in total. The van der Waals surface area contributed by atoms with Crippen LogP contribution in [0.15, 0.2) is 6.08 Å². The molecule has 1 aromatic rings. The highest BCUT2D eigenvalue weighted by Crippen LogP contribution is 2.15. The molecule has 0 aliphatic carbocycles. The van der Waals surface area contributed by atoms with Crippen LogP contribution in [0, 0.1) is 6.92 Å². The number of rotatable bonds is 4. The highest BCUT2D eigenvalue weighted by molar-refractivity contribution is 7.80. The number of hydrogen-bond donors (Lipinski definition) is 2. The summed E-state index contributed by atoms with van der Waals surface area (Å²) in [6.07, 6.45) is 4.52. The van der Waals surface area contributed by atoms with Crippen LogP contribution >= 0.6 is 12.6 Å². The first-order chi connectivity index (χ1) is 7.07. The van der Waals surface area contributed by atoms with Gasteiger partial charge in [0.05, 0.1) is 5.69 Å². The lowest BCUT2D eigenvalue weighted by Crippen LogP contribution is -2.06. The van der Waals surface area contributed by atoms with Gasteiger partial charge in [-0.1, -0.05) is 12.2 Å². The highest BCUT2D eigenvalue weighted by Gasteiger charge is 2.16. The predicted octanol–water partition coefficient (Wildman–Crippen LogP) is 1.76. The Bertz CT molecular complexity index is 396. The quantitative estimate of drug-likeness (QED) is 0.769. The SMILES string of the molecule is Cc1nn(C)c(C(=O)O)c1C=CCCS. The molecule has 0 saturated carbocycles. The van der Waals surface area contributed by atoms with Gasteiger partial charge in [-0.25, -0.2) is 4.79 Å². The summed E-state index contributed by atoms with van der Waals surface area (Å²) < 4.78 is 1.39. The van der Waals surface area contributed by atoms with E-state index in [4.69, 9.17) is 5.11 Å². The number of aromatic nitrogens is 2. The molecule has 5 heteroatoms. The molecular weight excluding hydrogens is 212 g/mol. The lowest BCUT2D eigenvalue weighted by molar-refractivity contribution is 0.0685. The second-order valence-corrected chi connectivity index (χ2v) is 3.64. The van der Waals surface area contributed by atoms with Crippen molar-refractivity contribution in [2.75, 3.05) is 5.75 Å². The van der Waals surface area contributed by atoms with Crippen molar-refractivity contribution in [3.8, 4) is 0 Å². The Balaban J connectivity index is 3.09. The van der Waals surface area contributed by atoms with Crippen molar-refractivity contribution in [3.05, 3.63) is 23.0 Å². The van der Waals surface area contributed by atoms with E-state index >= 15 is 0 Å². The maximum absolute atomic E-state index is 11.0. The number of carboxylic acid groups (broad SMARTS) is 1. The zero-order valence-electron chi connectivity index (χ0n) is 8.77. The summed E-state index contributed by atoms with van der Waals surface area (Å²) in [5, 5.41) is 13.1. The van der Waals surface area contributed by atoms with Gasteiger partial charge in [-0.15, -0.1) is 0 Å². The van der Waals surface area contributed by atoms with Crippen molar-refractivity contribution in [2.45, 2.75) is 13.3 Å². The number of allylic oxidation sites excluding steroid dienone is 1. The maximum Gasteiger partial charge on any atom is 0.354 e. The van der Waals surface area contributed by atoms with Crippen LogP contribution in [0.1, 0.15) is 28.2 Å². The topological polar surface area (TPSA) is 55.1 Å². The average Bonchev–Trinajstić information content (AvgIpc) is 2.42. The van der Waals surface area contributed by atoms with Gasteiger partial charge in [0.25, 0.3) is 0 Å². The molecule has 82 valence electrons. The van der Waals surface area contributed by atoms with Crippen molar-refractivity contribution in [3.63, 3.8) is 0 Å². The third-order valence-electron chi connectivity index (χ3n) is 2.05. The number of carbonyl (C=O) groups is 1. The van der Waals surface area contributed by atoms with Crippen LogP contribution in [-0.4, -0.2) is 26.6 Å². The Labute approximate surface area is 94.0 Å². The van der Waals surface area contributed by atoms with E-state index < -0.39 is 5.97 Å². The standard InChI is InChI=1S/C10H14N2O2S/c1-7-8(5-3-4-6-15)9(10(13)14)12(2)11-7/h3,5,15H,4,6H2,1-2H3,(H,13,14). The van der Waals surface area contributed by atoms with Gasteiger partial charge in [0.2, 0.25) is 0 Å². The number of thiol groups is 1. The molecule has 0 fully saturated rings. The van der Waals surface area contributed by atoms with Gasteiger partial charge < -0.3 is 5.11 Å². The smallest absolute Gasteiger partial charge is 0.354 e. The van der Waals surface area contributed by atoms with Crippen molar-refractivity contribution in [1.82, 2.24) is 9.78 Å². The summed E-state index contributed by atoms with van der Waals surface area (Å²) in [6, 6.07) is 0. The van der Waals surface area contributed by atoms with Crippen LogP contribution in [0.4, 0.5) is 0 Å². The Morgan fingerprint density at radius 1 is 1.67 bits per heavy atom. The lowest BCUT2D eigenvalue weighted by Gasteiger charge is -1.96. The van der Waals surface area contributed by atoms with E-state index in [2.05, 4.69) is 17.7 Å². The minimum atomic E-state index is -0.955. The van der Waals surface area contributed by atoms with Crippen molar-refractivity contribution >= 4 is 24.7 Å². The van der Waals surface area contributed by atoms with E-state index in [9.17, 15) is 4.79 Å². The molecule has 0 aliphatic rings. The molecule has 1 N–H and O–H groups in total. The average molecular weight is 226 g/mol. The summed E-state index contributed by atoms with van der Waals surface area (Å²) in [6.45, 7) is 1.80. The number of carboxylic acids is 1. The fourth-order valence-electron chi connectivity index (χ4n) is 1.40. The second-order valence-electron chi connectivity index (χ2n) is 3.19. The molecule has 0 spiro atoms. The molecule has 0 saturated heterocycles. The summed E-state index contributed by atoms with van der Waals surface area (Å²) in [5.74, 6) is -0.207. The van der Waals surface area contributed by atoms with Crippen molar-refractivity contribution < 1.29 is 9.90 Å². The van der Waals surface area contributed by atoms with Crippen molar-refractivity contribution in [2.24, 2.45) is 7.05 Å². The minimum Gasteiger partial charge on any atom is -0.477 e. The first-order valence-electron chi connectivity index (χ1n) is 4.62. The normalized spacial score (nSPS) is 11.1. The van der Waals surface area contributed by atoms with Gasteiger partial charge in [0.1, 0.15) is 0 Å². The molecule has 0 amide bonds. The molecular formula is C10H14N2O2S. The van der Waals surface area contributed by atoms with Gasteiger partial charge in [-0.2, -0.15) is 17.7 Å². The number of aromatic carboxylic acids is 1. The zero-order chi connectivity index (χ0) is 11.4. The van der Waals surface area contributed by atoms with Gasteiger partial charge >= 0.3 is 5.97 Å². The van der Waals surface area contributed by atoms with Gasteiger partial charge in [-0.05, 0) is 19.1 Å². The molecule has 0 radical (unpaired) electrons. The predicted molar refractivity (Wildman–Crippen MR) is 62.4 cm³/mol. The Kier molecular flexibility index (Phi) is 3.96. The Morgan fingerprint density at radius 2 is 2.33 bits per heavy atom. The summed E-state index contributed by atoms with van der Waals surface area (Å²) >= 11 is 4.08. The van der Waals surface area contributed by atoms with Crippen LogP contribution in [0.25, 0.3) is 6.08 Å². The third kappa shape index (κ3) is 2.62. The molecule has 0 bridgehead atoms. The number of hydrogen-bond acceptors (Lipinski definition) is 3. The molecule has 15 heavy (non-hydrogen) atoms. The molecule has 0 atom stereocenters. The van der Waals surface area contributed by atoms with Gasteiger partial charge in [0, 0.05) is 12.6 Å². The van der Waals surface area contributed by atoms with E-state index in [1.165, 1.54) is 4.68 Å². The summed E-state index contributed by atoms with van der Waals surface area (Å²) in [7, 11) is 1.63. The van der Waals surface area contributed by atoms with Crippen LogP contribution in [0.2, 0.25) is 0 Å². The summed E-state index contributed by atoms with van der Waals surface area (Å²) in [5.41, 5.74) is 1.63. The lowest BCUT2D eigenvalue weighted by atomic mass is 10.1. The molecule has 0 aromatic carbocycles. The van der Waals surface area contributed by atoms with Crippen molar-refractivity contribution in [1.29, 1.82) is 0 Å². The van der Waals surface area contributed by atoms with E-state index in [0.717, 1.165) is 17.9 Å². The number of aryl methyl sites for hydroxylation is 2. The largest absolute Gasteiger partial charge is 0.477 e. The molecule has 1 rings (SSSR count). The molecule has 1 heterocycles. The van der Waals surface area contributed by atoms with E-state index in [1.807, 2.05) is 6.08 Å². The molecule has 0 unspecified atom stereocenters. The van der Waals surface area contributed by atoms with Crippen LogP contribution in [0.5, 0.6) is 0 Å². The monoisotopic (exact) mass is 226 g/mol. The molecule has 0 aliphatic heterocycles. The van der Waals surface area contributed by atoms with Crippen LogP contribution in [-0.2, 0) is 7.05 Å². The van der Waals surface area contributed by atoms with Crippen LogP contribution in [0.3, 0.4) is 0 Å². The minimum absolute atomic E-state index is 0.225. The van der Waals surface area contributed by atoms with E-state index in [-0.39, 0.29) is 5.69 Å². The van der Waals surface area contributed by atoms with Crippen LogP contribution < -0.4 is 0 Å². The highest BCUT2D eigenvalue weighted by atomic mass is 32.1.